The van der Waals surface area contributed by atoms with Gasteiger partial charge in [0, 0.05) is 29.1 Å². The van der Waals surface area contributed by atoms with Crippen LogP contribution in [-0.2, 0) is 6.42 Å². The van der Waals surface area contributed by atoms with E-state index in [-0.39, 0.29) is 10.6 Å². The van der Waals surface area contributed by atoms with E-state index in [0.29, 0.717) is 17.5 Å². The van der Waals surface area contributed by atoms with E-state index >= 15 is 0 Å². The van der Waals surface area contributed by atoms with E-state index < -0.39 is 0 Å². The van der Waals surface area contributed by atoms with Gasteiger partial charge in [0.25, 0.3) is 5.69 Å². The van der Waals surface area contributed by atoms with Crippen LogP contribution in [0.2, 0.25) is 0 Å². The molecule has 104 valence electrons. The third-order valence-electron chi connectivity index (χ3n) is 3.78. The van der Waals surface area contributed by atoms with Gasteiger partial charge in [0.1, 0.15) is 0 Å². The summed E-state index contributed by atoms with van der Waals surface area (Å²) in [6.07, 6.45) is 2.43. The summed E-state index contributed by atoms with van der Waals surface area (Å²) in [5.41, 5.74) is 2.44. The normalized spacial score (nSPS) is 22.7. The second kappa shape index (κ2) is 5.88. The van der Waals surface area contributed by atoms with Crippen molar-refractivity contribution in [2.24, 2.45) is 5.92 Å². The predicted molar refractivity (Wildman–Crippen MR) is 77.7 cm³/mol. The summed E-state index contributed by atoms with van der Waals surface area (Å²) >= 11 is 1.93. The number of rotatable bonds is 4. The lowest BCUT2D eigenvalue weighted by Gasteiger charge is -2.18. The Hall–Kier alpha value is -1.14. The van der Waals surface area contributed by atoms with E-state index in [2.05, 4.69) is 10.3 Å². The van der Waals surface area contributed by atoms with Crippen LogP contribution in [0.25, 0.3) is 0 Å². The monoisotopic (exact) mass is 281 g/mol. The molecule has 5 nitrogen and oxygen atoms in total. The summed E-state index contributed by atoms with van der Waals surface area (Å²) in [5, 5.41) is 14.4. The van der Waals surface area contributed by atoms with Crippen LogP contribution in [0.4, 0.5) is 5.69 Å². The summed E-state index contributed by atoms with van der Waals surface area (Å²) in [5.74, 6) is 2.70. The first kappa shape index (κ1) is 14.3. The van der Waals surface area contributed by atoms with Crippen LogP contribution in [0.15, 0.2) is 6.20 Å². The van der Waals surface area contributed by atoms with Gasteiger partial charge in [-0.2, -0.15) is 11.8 Å². The molecule has 1 aromatic rings. The fourth-order valence-corrected chi connectivity index (χ4v) is 4.10. The van der Waals surface area contributed by atoms with Crippen LogP contribution in [0, 0.1) is 29.9 Å². The molecule has 2 atom stereocenters. The summed E-state index contributed by atoms with van der Waals surface area (Å²) < 4.78 is 0. The standard InChI is InChI=1S/C13H19N3O2S/c1-8-5-15-11(9(2)13(8)16(17)18)4-10-6-19-7-12(10)14-3/h5,10,12,14H,4,6-7H2,1-3H3. The molecule has 0 amide bonds. The number of hydrogen-bond acceptors (Lipinski definition) is 5. The molecular formula is C13H19N3O2S. The molecular weight excluding hydrogens is 262 g/mol. The first-order valence-electron chi connectivity index (χ1n) is 6.39. The highest BCUT2D eigenvalue weighted by Crippen LogP contribution is 2.30. The van der Waals surface area contributed by atoms with E-state index in [1.54, 1.807) is 13.1 Å². The molecule has 0 aromatic carbocycles. The average Bonchev–Trinajstić information content (AvgIpc) is 2.79. The molecule has 19 heavy (non-hydrogen) atoms. The van der Waals surface area contributed by atoms with Crippen LogP contribution in [0.1, 0.15) is 16.8 Å². The highest BCUT2D eigenvalue weighted by Gasteiger charge is 2.29. The summed E-state index contributed by atoms with van der Waals surface area (Å²) in [7, 11) is 1.97. The molecule has 0 saturated carbocycles. The van der Waals surface area contributed by atoms with Crippen molar-refractivity contribution in [2.45, 2.75) is 26.3 Å². The predicted octanol–water partition coefficient (Wildman–Crippen LogP) is 2.10. The number of pyridine rings is 1. The van der Waals surface area contributed by atoms with Crippen molar-refractivity contribution in [3.05, 3.63) is 33.1 Å². The van der Waals surface area contributed by atoms with Crippen molar-refractivity contribution >= 4 is 17.4 Å². The molecule has 1 N–H and O–H groups in total. The van der Waals surface area contributed by atoms with E-state index in [4.69, 9.17) is 0 Å². The first-order valence-corrected chi connectivity index (χ1v) is 7.54. The fraction of sp³-hybridized carbons (Fsp3) is 0.615. The van der Waals surface area contributed by atoms with Crippen LogP contribution < -0.4 is 5.32 Å². The molecule has 0 bridgehead atoms. The lowest BCUT2D eigenvalue weighted by molar-refractivity contribution is -0.386. The number of aryl methyl sites for hydroxylation is 1. The molecule has 1 aliphatic rings. The minimum absolute atomic E-state index is 0.219. The maximum absolute atomic E-state index is 11.1. The second-order valence-corrected chi connectivity index (χ2v) is 6.09. The zero-order valence-electron chi connectivity index (χ0n) is 11.5. The third-order valence-corrected chi connectivity index (χ3v) is 5.04. The van der Waals surface area contributed by atoms with Crippen LogP contribution >= 0.6 is 11.8 Å². The number of nitrogens with one attached hydrogen (secondary N) is 1. The Morgan fingerprint density at radius 1 is 1.53 bits per heavy atom. The number of aromatic nitrogens is 1. The quantitative estimate of drug-likeness (QED) is 0.676. The molecule has 1 fully saturated rings. The Balaban J connectivity index is 2.26. The van der Waals surface area contributed by atoms with Gasteiger partial charge < -0.3 is 5.32 Å². The van der Waals surface area contributed by atoms with Gasteiger partial charge in [0.05, 0.1) is 10.6 Å². The van der Waals surface area contributed by atoms with Crippen molar-refractivity contribution in [2.75, 3.05) is 18.6 Å². The van der Waals surface area contributed by atoms with Crippen molar-refractivity contribution in [1.29, 1.82) is 0 Å². The van der Waals surface area contributed by atoms with Gasteiger partial charge in [-0.05, 0) is 39.0 Å². The van der Waals surface area contributed by atoms with Crippen LogP contribution in [0.3, 0.4) is 0 Å². The summed E-state index contributed by atoms with van der Waals surface area (Å²) in [4.78, 5) is 15.2. The minimum Gasteiger partial charge on any atom is -0.316 e. The molecule has 2 unspecified atom stereocenters. The number of thioether (sulfide) groups is 1. The third kappa shape index (κ3) is 2.90. The number of nitrogens with zero attached hydrogens (tertiary/aromatic N) is 2. The Morgan fingerprint density at radius 3 is 2.89 bits per heavy atom. The summed E-state index contributed by atoms with van der Waals surface area (Å²) in [6.45, 7) is 3.55. The van der Waals surface area contributed by atoms with Gasteiger partial charge in [-0.1, -0.05) is 0 Å². The largest absolute Gasteiger partial charge is 0.316 e. The topological polar surface area (TPSA) is 68.1 Å². The SMILES string of the molecule is CNC1CSCC1Cc1ncc(C)c([N+](=O)[O-])c1C. The van der Waals surface area contributed by atoms with Crippen molar-refractivity contribution in [3.8, 4) is 0 Å². The van der Waals surface area contributed by atoms with Crippen molar-refractivity contribution in [1.82, 2.24) is 10.3 Å². The Kier molecular flexibility index (Phi) is 4.42. The maximum Gasteiger partial charge on any atom is 0.278 e. The zero-order chi connectivity index (χ0) is 14.0. The Bertz CT molecular complexity index is 493. The van der Waals surface area contributed by atoms with Gasteiger partial charge in [-0.25, -0.2) is 0 Å². The fourth-order valence-electron chi connectivity index (χ4n) is 2.62. The van der Waals surface area contributed by atoms with Gasteiger partial charge in [-0.15, -0.1) is 0 Å². The highest BCUT2D eigenvalue weighted by atomic mass is 32.2. The Morgan fingerprint density at radius 2 is 2.26 bits per heavy atom. The lowest BCUT2D eigenvalue weighted by atomic mass is 9.95. The Labute approximate surface area is 117 Å². The molecule has 0 radical (unpaired) electrons. The molecule has 6 heteroatoms. The highest BCUT2D eigenvalue weighted by molar-refractivity contribution is 7.99. The average molecular weight is 281 g/mol. The lowest BCUT2D eigenvalue weighted by Crippen LogP contribution is -2.33. The minimum atomic E-state index is -0.297. The summed E-state index contributed by atoms with van der Waals surface area (Å²) in [6, 6.07) is 0.478. The van der Waals surface area contributed by atoms with Gasteiger partial charge in [0.15, 0.2) is 0 Å². The molecule has 0 aliphatic carbocycles. The van der Waals surface area contributed by atoms with E-state index in [1.165, 1.54) is 0 Å². The molecule has 0 spiro atoms. The van der Waals surface area contributed by atoms with Crippen LogP contribution in [-0.4, -0.2) is 34.5 Å². The van der Waals surface area contributed by atoms with Crippen molar-refractivity contribution in [3.63, 3.8) is 0 Å². The molecule has 1 saturated heterocycles. The number of nitro groups is 1. The van der Waals surface area contributed by atoms with Crippen molar-refractivity contribution < 1.29 is 4.92 Å². The zero-order valence-corrected chi connectivity index (χ0v) is 12.3. The van der Waals surface area contributed by atoms with E-state index in [9.17, 15) is 10.1 Å². The molecule has 2 rings (SSSR count). The van der Waals surface area contributed by atoms with Gasteiger partial charge in [0.2, 0.25) is 0 Å². The first-order chi connectivity index (χ1) is 9.04. The molecule has 1 aliphatic heterocycles. The molecule has 1 aromatic heterocycles. The smallest absolute Gasteiger partial charge is 0.278 e. The van der Waals surface area contributed by atoms with Gasteiger partial charge >= 0.3 is 0 Å². The second-order valence-electron chi connectivity index (χ2n) is 5.02. The van der Waals surface area contributed by atoms with E-state index in [0.717, 1.165) is 29.2 Å². The number of hydrogen-bond donors (Lipinski definition) is 1. The van der Waals surface area contributed by atoms with Crippen LogP contribution in [0.5, 0.6) is 0 Å². The molecule has 2 heterocycles. The maximum atomic E-state index is 11.1. The van der Waals surface area contributed by atoms with Gasteiger partial charge in [-0.3, -0.25) is 15.1 Å². The van der Waals surface area contributed by atoms with E-state index in [1.807, 2.05) is 25.7 Å².